The van der Waals surface area contributed by atoms with Gasteiger partial charge in [0, 0.05) is 6.54 Å². The minimum atomic E-state index is -0.308. The number of hydrogen-bond donors (Lipinski definition) is 1. The van der Waals surface area contributed by atoms with Crippen molar-refractivity contribution in [2.45, 2.75) is 18.9 Å². The number of nitrogens with two attached hydrogens (primary N) is 1. The van der Waals surface area contributed by atoms with Gasteiger partial charge in [0.25, 0.3) is 0 Å². The summed E-state index contributed by atoms with van der Waals surface area (Å²) in [6.45, 7) is 1.13. The van der Waals surface area contributed by atoms with Gasteiger partial charge in [-0.05, 0) is 12.8 Å². The molecule has 0 bridgehead atoms. The van der Waals surface area contributed by atoms with E-state index in [1.807, 2.05) is 11.0 Å². The summed E-state index contributed by atoms with van der Waals surface area (Å²) in [5.41, 5.74) is 5.13. The second-order valence-corrected chi connectivity index (χ2v) is 2.69. The predicted molar refractivity (Wildman–Crippen MR) is 39.4 cm³/mol. The molecule has 0 radical (unpaired) electrons. The van der Waals surface area contributed by atoms with Crippen LogP contribution in [0.25, 0.3) is 0 Å². The normalized spacial score (nSPS) is 24.8. The fraction of sp³-hybridized carbons (Fsp3) is 0.714. The molecule has 0 aliphatic carbocycles. The molecule has 0 aromatic rings. The Morgan fingerprint density at radius 3 is 3.09 bits per heavy atom. The summed E-state index contributed by atoms with van der Waals surface area (Å²) in [5.74, 6) is -0.308. The number of primary amides is 1. The van der Waals surface area contributed by atoms with Gasteiger partial charge in [-0.15, -0.1) is 0 Å². The second-order valence-electron chi connectivity index (χ2n) is 2.69. The molecule has 11 heavy (non-hydrogen) atoms. The van der Waals surface area contributed by atoms with Crippen molar-refractivity contribution in [2.24, 2.45) is 5.73 Å². The van der Waals surface area contributed by atoms with Crippen molar-refractivity contribution in [3.05, 3.63) is 0 Å². The van der Waals surface area contributed by atoms with Gasteiger partial charge in [-0.3, -0.25) is 9.69 Å². The molecule has 1 rings (SSSR count). The highest BCUT2D eigenvalue weighted by molar-refractivity contribution is 5.80. The minimum Gasteiger partial charge on any atom is -0.368 e. The number of carbonyl (C=O) groups is 1. The van der Waals surface area contributed by atoms with Gasteiger partial charge in [0.15, 0.2) is 0 Å². The summed E-state index contributed by atoms with van der Waals surface area (Å²) in [7, 11) is 0. The van der Waals surface area contributed by atoms with Crippen LogP contribution < -0.4 is 5.73 Å². The standard InChI is InChI=1S/C7H11N3O/c8-3-5-10-4-1-2-6(10)7(9)11/h6H,1-2,4-5H2,(H2,9,11). The van der Waals surface area contributed by atoms with Crippen LogP contribution in [0.3, 0.4) is 0 Å². The molecule has 1 saturated heterocycles. The van der Waals surface area contributed by atoms with E-state index in [4.69, 9.17) is 11.0 Å². The average molecular weight is 153 g/mol. The molecule has 0 aromatic heterocycles. The molecule has 1 fully saturated rings. The Balaban J connectivity index is 2.52. The van der Waals surface area contributed by atoms with Crippen LogP contribution in [0.2, 0.25) is 0 Å². The zero-order chi connectivity index (χ0) is 8.27. The third-order valence-electron chi connectivity index (χ3n) is 1.97. The molecule has 1 amide bonds. The molecular formula is C7H11N3O. The lowest BCUT2D eigenvalue weighted by Gasteiger charge is -2.17. The van der Waals surface area contributed by atoms with E-state index < -0.39 is 0 Å². The number of amides is 1. The highest BCUT2D eigenvalue weighted by Gasteiger charge is 2.28. The van der Waals surface area contributed by atoms with Gasteiger partial charge < -0.3 is 5.73 Å². The third-order valence-corrected chi connectivity index (χ3v) is 1.97. The number of nitriles is 1. The second kappa shape index (κ2) is 3.35. The third kappa shape index (κ3) is 1.69. The van der Waals surface area contributed by atoms with Gasteiger partial charge in [0.05, 0.1) is 18.7 Å². The van der Waals surface area contributed by atoms with Crippen molar-refractivity contribution in [3.63, 3.8) is 0 Å². The van der Waals surface area contributed by atoms with Gasteiger partial charge in [-0.25, -0.2) is 0 Å². The van der Waals surface area contributed by atoms with E-state index in [0.29, 0.717) is 6.54 Å². The van der Waals surface area contributed by atoms with Crippen LogP contribution in [-0.2, 0) is 4.79 Å². The fourth-order valence-electron chi connectivity index (χ4n) is 1.43. The van der Waals surface area contributed by atoms with E-state index in [9.17, 15) is 4.79 Å². The Bertz CT molecular complexity index is 196. The van der Waals surface area contributed by atoms with Gasteiger partial charge in [0.1, 0.15) is 0 Å². The van der Waals surface area contributed by atoms with Crippen LogP contribution in [0, 0.1) is 11.3 Å². The molecule has 0 aromatic carbocycles. The molecule has 60 valence electrons. The predicted octanol–water partition coefficient (Wildman–Crippen LogP) is -0.540. The van der Waals surface area contributed by atoms with Gasteiger partial charge in [0.2, 0.25) is 5.91 Å². The molecular weight excluding hydrogens is 142 g/mol. The first kappa shape index (κ1) is 8.02. The summed E-state index contributed by atoms with van der Waals surface area (Å²) in [6.07, 6.45) is 1.77. The summed E-state index contributed by atoms with van der Waals surface area (Å²) in [4.78, 5) is 12.6. The van der Waals surface area contributed by atoms with Crippen LogP contribution in [-0.4, -0.2) is 29.9 Å². The van der Waals surface area contributed by atoms with Crippen LogP contribution in [0.5, 0.6) is 0 Å². The molecule has 0 spiro atoms. The monoisotopic (exact) mass is 153 g/mol. The molecule has 0 saturated carbocycles. The molecule has 1 heterocycles. The summed E-state index contributed by atoms with van der Waals surface area (Å²) < 4.78 is 0. The smallest absolute Gasteiger partial charge is 0.234 e. The van der Waals surface area contributed by atoms with E-state index in [1.165, 1.54) is 0 Å². The lowest BCUT2D eigenvalue weighted by atomic mass is 10.2. The summed E-state index contributed by atoms with van der Waals surface area (Å²) in [5, 5.41) is 8.38. The Labute approximate surface area is 65.6 Å². The van der Waals surface area contributed by atoms with Crippen molar-refractivity contribution in [2.75, 3.05) is 13.1 Å². The largest absolute Gasteiger partial charge is 0.368 e. The lowest BCUT2D eigenvalue weighted by Crippen LogP contribution is -2.40. The molecule has 1 unspecified atom stereocenters. The highest BCUT2D eigenvalue weighted by atomic mass is 16.1. The SMILES string of the molecule is N#CCN1CCCC1C(N)=O. The summed E-state index contributed by atoms with van der Waals surface area (Å²) in [6, 6.07) is 1.81. The Morgan fingerprint density at radius 2 is 2.55 bits per heavy atom. The lowest BCUT2D eigenvalue weighted by molar-refractivity contribution is -0.122. The molecule has 1 aliphatic rings. The van der Waals surface area contributed by atoms with Crippen molar-refractivity contribution in [1.29, 1.82) is 5.26 Å². The van der Waals surface area contributed by atoms with Gasteiger partial charge in [-0.2, -0.15) is 5.26 Å². The van der Waals surface area contributed by atoms with Gasteiger partial charge >= 0.3 is 0 Å². The minimum absolute atomic E-state index is 0.199. The van der Waals surface area contributed by atoms with Crippen molar-refractivity contribution in [3.8, 4) is 6.07 Å². The van der Waals surface area contributed by atoms with Gasteiger partial charge in [-0.1, -0.05) is 0 Å². The van der Waals surface area contributed by atoms with E-state index in [0.717, 1.165) is 19.4 Å². The Kier molecular flexibility index (Phi) is 2.44. The van der Waals surface area contributed by atoms with Crippen molar-refractivity contribution in [1.82, 2.24) is 4.90 Å². The zero-order valence-electron chi connectivity index (χ0n) is 6.29. The molecule has 1 atom stereocenters. The molecule has 4 nitrogen and oxygen atoms in total. The molecule has 4 heteroatoms. The van der Waals surface area contributed by atoms with E-state index in [-0.39, 0.29) is 11.9 Å². The first-order valence-corrected chi connectivity index (χ1v) is 3.66. The van der Waals surface area contributed by atoms with Crippen molar-refractivity contribution < 1.29 is 4.79 Å². The quantitative estimate of drug-likeness (QED) is 0.541. The molecule has 1 aliphatic heterocycles. The average Bonchev–Trinajstić information content (AvgIpc) is 2.36. The van der Waals surface area contributed by atoms with E-state index in [1.54, 1.807) is 0 Å². The Hall–Kier alpha value is -1.08. The van der Waals surface area contributed by atoms with Crippen molar-refractivity contribution >= 4 is 5.91 Å². The fourth-order valence-corrected chi connectivity index (χ4v) is 1.43. The van der Waals surface area contributed by atoms with Crippen LogP contribution >= 0.6 is 0 Å². The topological polar surface area (TPSA) is 70.1 Å². The number of likely N-dealkylation sites (tertiary alicyclic amines) is 1. The summed E-state index contributed by atoms with van der Waals surface area (Å²) >= 11 is 0. The number of carbonyl (C=O) groups excluding carboxylic acids is 1. The van der Waals surface area contributed by atoms with E-state index in [2.05, 4.69) is 0 Å². The van der Waals surface area contributed by atoms with Crippen LogP contribution in [0.15, 0.2) is 0 Å². The number of nitrogens with zero attached hydrogens (tertiary/aromatic N) is 2. The highest BCUT2D eigenvalue weighted by Crippen LogP contribution is 2.15. The first-order chi connectivity index (χ1) is 5.25. The van der Waals surface area contributed by atoms with Crippen LogP contribution in [0.1, 0.15) is 12.8 Å². The maximum Gasteiger partial charge on any atom is 0.234 e. The molecule has 2 N–H and O–H groups in total. The van der Waals surface area contributed by atoms with E-state index >= 15 is 0 Å². The maximum atomic E-state index is 10.8. The zero-order valence-corrected chi connectivity index (χ0v) is 6.29. The number of hydrogen-bond acceptors (Lipinski definition) is 3. The first-order valence-electron chi connectivity index (χ1n) is 3.66. The number of rotatable bonds is 2. The van der Waals surface area contributed by atoms with Crippen LogP contribution in [0.4, 0.5) is 0 Å². The Morgan fingerprint density at radius 1 is 1.82 bits per heavy atom. The maximum absolute atomic E-state index is 10.8.